The molecule has 0 unspecified atom stereocenters. The Hall–Kier alpha value is -0.830. The summed E-state index contributed by atoms with van der Waals surface area (Å²) < 4.78 is 2.37. The molecule has 1 aliphatic rings. The van der Waals surface area contributed by atoms with Gasteiger partial charge in [-0.1, -0.05) is 20.8 Å². The van der Waals surface area contributed by atoms with Gasteiger partial charge in [-0.3, -0.25) is 0 Å². The molecule has 17 heavy (non-hydrogen) atoms. The molecule has 0 aromatic carbocycles. The number of nitrogens with zero attached hydrogens (tertiary/aromatic N) is 2. The molecule has 96 valence electrons. The highest BCUT2D eigenvalue weighted by Gasteiger charge is 2.22. The fourth-order valence-electron chi connectivity index (χ4n) is 2.49. The summed E-state index contributed by atoms with van der Waals surface area (Å²) in [5.74, 6) is 0.700. The van der Waals surface area contributed by atoms with Gasteiger partial charge < -0.3 is 9.88 Å². The van der Waals surface area contributed by atoms with Gasteiger partial charge in [0.25, 0.3) is 0 Å². The average molecular weight is 235 g/mol. The Morgan fingerprint density at radius 2 is 2.12 bits per heavy atom. The highest BCUT2D eigenvalue weighted by molar-refractivity contribution is 5.08. The van der Waals surface area contributed by atoms with Crippen LogP contribution in [-0.2, 0) is 6.54 Å². The third-order valence-electron chi connectivity index (χ3n) is 4.06. The molecule has 0 amide bonds. The van der Waals surface area contributed by atoms with E-state index >= 15 is 0 Å². The summed E-state index contributed by atoms with van der Waals surface area (Å²) in [5, 5.41) is 3.43. The highest BCUT2D eigenvalue weighted by Crippen LogP contribution is 2.28. The summed E-state index contributed by atoms with van der Waals surface area (Å²) in [6, 6.07) is 0. The zero-order valence-corrected chi connectivity index (χ0v) is 11.4. The molecule has 3 heteroatoms. The number of imidazole rings is 1. The Bertz CT molecular complexity index is 348. The van der Waals surface area contributed by atoms with Crippen molar-refractivity contribution in [3.8, 4) is 0 Å². The van der Waals surface area contributed by atoms with Crippen LogP contribution in [0.2, 0.25) is 0 Å². The van der Waals surface area contributed by atoms with Crippen LogP contribution in [0.15, 0.2) is 12.5 Å². The van der Waals surface area contributed by atoms with Crippen LogP contribution in [0, 0.1) is 5.41 Å². The lowest BCUT2D eigenvalue weighted by Gasteiger charge is -2.28. The quantitative estimate of drug-likeness (QED) is 0.869. The molecule has 0 aliphatic carbocycles. The van der Waals surface area contributed by atoms with E-state index in [0.717, 1.165) is 19.6 Å². The molecule has 1 fully saturated rings. The van der Waals surface area contributed by atoms with Crippen molar-refractivity contribution in [1.82, 2.24) is 14.9 Å². The molecule has 1 aromatic heterocycles. The van der Waals surface area contributed by atoms with Gasteiger partial charge in [0.05, 0.1) is 6.33 Å². The van der Waals surface area contributed by atoms with Crippen molar-refractivity contribution in [2.24, 2.45) is 5.41 Å². The van der Waals surface area contributed by atoms with E-state index in [1.165, 1.54) is 25.0 Å². The first-order valence-electron chi connectivity index (χ1n) is 6.83. The second kappa shape index (κ2) is 5.21. The maximum atomic E-state index is 4.36. The molecule has 1 aliphatic heterocycles. The fourth-order valence-corrected chi connectivity index (χ4v) is 2.49. The lowest BCUT2D eigenvalue weighted by Crippen LogP contribution is -2.28. The normalized spacial score (nSPS) is 18.5. The second-order valence-corrected chi connectivity index (χ2v) is 5.99. The van der Waals surface area contributed by atoms with Crippen molar-refractivity contribution in [3.63, 3.8) is 0 Å². The summed E-state index contributed by atoms with van der Waals surface area (Å²) in [5.41, 5.74) is 1.80. The van der Waals surface area contributed by atoms with Gasteiger partial charge in [-0.15, -0.1) is 0 Å². The van der Waals surface area contributed by atoms with Crippen LogP contribution in [0.3, 0.4) is 0 Å². The Balaban J connectivity index is 2.10. The number of nitrogens with one attached hydrogen (secondary N) is 1. The van der Waals surface area contributed by atoms with E-state index in [4.69, 9.17) is 0 Å². The molecule has 0 bridgehead atoms. The van der Waals surface area contributed by atoms with E-state index in [9.17, 15) is 0 Å². The SMILES string of the molecule is CCC(C)(C)Cn1cncc1C1CCNCC1. The Morgan fingerprint density at radius 1 is 1.41 bits per heavy atom. The van der Waals surface area contributed by atoms with Crippen LogP contribution < -0.4 is 5.32 Å². The van der Waals surface area contributed by atoms with E-state index in [-0.39, 0.29) is 0 Å². The van der Waals surface area contributed by atoms with Crippen molar-refractivity contribution in [2.45, 2.75) is 52.5 Å². The van der Waals surface area contributed by atoms with E-state index in [1.54, 1.807) is 0 Å². The Morgan fingerprint density at radius 3 is 2.76 bits per heavy atom. The number of rotatable bonds is 4. The minimum Gasteiger partial charge on any atom is -0.334 e. The summed E-state index contributed by atoms with van der Waals surface area (Å²) in [6.45, 7) is 10.3. The zero-order valence-electron chi connectivity index (χ0n) is 11.4. The first-order valence-corrected chi connectivity index (χ1v) is 6.83. The Labute approximate surface area is 105 Å². The van der Waals surface area contributed by atoms with Crippen molar-refractivity contribution in [2.75, 3.05) is 13.1 Å². The van der Waals surface area contributed by atoms with Gasteiger partial charge in [-0.05, 0) is 37.8 Å². The molecule has 2 rings (SSSR count). The third kappa shape index (κ3) is 3.09. The molecule has 1 aromatic rings. The summed E-state index contributed by atoms with van der Waals surface area (Å²) in [7, 11) is 0. The lowest BCUT2D eigenvalue weighted by atomic mass is 9.89. The number of hydrogen-bond donors (Lipinski definition) is 1. The molecule has 0 spiro atoms. The fraction of sp³-hybridized carbons (Fsp3) is 0.786. The van der Waals surface area contributed by atoms with Crippen molar-refractivity contribution in [1.29, 1.82) is 0 Å². The molecule has 0 atom stereocenters. The summed E-state index contributed by atoms with van der Waals surface area (Å²) >= 11 is 0. The van der Waals surface area contributed by atoms with Gasteiger partial charge in [-0.2, -0.15) is 0 Å². The predicted octanol–water partition coefficient (Wildman–Crippen LogP) is 2.79. The summed E-state index contributed by atoms with van der Waals surface area (Å²) in [4.78, 5) is 4.36. The number of piperidine rings is 1. The molecule has 0 saturated carbocycles. The maximum absolute atomic E-state index is 4.36. The average Bonchev–Trinajstić information content (AvgIpc) is 2.77. The van der Waals surface area contributed by atoms with Crippen LogP contribution in [-0.4, -0.2) is 22.6 Å². The van der Waals surface area contributed by atoms with Gasteiger partial charge in [0.1, 0.15) is 0 Å². The van der Waals surface area contributed by atoms with Gasteiger partial charge in [0, 0.05) is 24.4 Å². The van der Waals surface area contributed by atoms with Gasteiger partial charge >= 0.3 is 0 Å². The van der Waals surface area contributed by atoms with Crippen molar-refractivity contribution < 1.29 is 0 Å². The predicted molar refractivity (Wildman–Crippen MR) is 71.1 cm³/mol. The third-order valence-corrected chi connectivity index (χ3v) is 4.06. The first-order chi connectivity index (χ1) is 8.12. The molecule has 1 saturated heterocycles. The van der Waals surface area contributed by atoms with E-state index in [2.05, 4.69) is 41.8 Å². The monoisotopic (exact) mass is 235 g/mol. The Kier molecular flexibility index (Phi) is 3.87. The van der Waals surface area contributed by atoms with Gasteiger partial charge in [0.15, 0.2) is 0 Å². The minimum absolute atomic E-state index is 0.363. The van der Waals surface area contributed by atoms with Gasteiger partial charge in [0.2, 0.25) is 0 Å². The lowest BCUT2D eigenvalue weighted by molar-refractivity contribution is 0.285. The first kappa shape index (κ1) is 12.6. The van der Waals surface area contributed by atoms with E-state index < -0.39 is 0 Å². The zero-order chi connectivity index (χ0) is 12.3. The van der Waals surface area contributed by atoms with Crippen molar-refractivity contribution >= 4 is 0 Å². The van der Waals surface area contributed by atoms with Crippen LogP contribution in [0.5, 0.6) is 0 Å². The van der Waals surface area contributed by atoms with Crippen LogP contribution in [0.1, 0.15) is 51.6 Å². The van der Waals surface area contributed by atoms with Crippen LogP contribution in [0.25, 0.3) is 0 Å². The molecule has 2 heterocycles. The highest BCUT2D eigenvalue weighted by atomic mass is 15.1. The summed E-state index contributed by atoms with van der Waals surface area (Å²) in [6.07, 6.45) is 7.78. The van der Waals surface area contributed by atoms with Crippen LogP contribution in [0.4, 0.5) is 0 Å². The molecular formula is C14H25N3. The maximum Gasteiger partial charge on any atom is 0.0948 e. The van der Waals surface area contributed by atoms with E-state index in [1.807, 2.05) is 6.33 Å². The van der Waals surface area contributed by atoms with E-state index in [0.29, 0.717) is 11.3 Å². The standard InChI is InChI=1S/C14H25N3/c1-4-14(2,3)10-17-11-16-9-13(17)12-5-7-15-8-6-12/h9,11-12,15H,4-8,10H2,1-3H3. The van der Waals surface area contributed by atoms with Crippen LogP contribution >= 0.6 is 0 Å². The molecular weight excluding hydrogens is 210 g/mol. The van der Waals surface area contributed by atoms with Crippen molar-refractivity contribution in [3.05, 3.63) is 18.2 Å². The second-order valence-electron chi connectivity index (χ2n) is 5.99. The molecule has 3 nitrogen and oxygen atoms in total. The molecule has 0 radical (unpaired) electrons. The number of aromatic nitrogens is 2. The smallest absolute Gasteiger partial charge is 0.0948 e. The minimum atomic E-state index is 0.363. The largest absolute Gasteiger partial charge is 0.334 e. The molecule has 1 N–H and O–H groups in total. The topological polar surface area (TPSA) is 29.9 Å². The number of hydrogen-bond acceptors (Lipinski definition) is 2. The van der Waals surface area contributed by atoms with Gasteiger partial charge in [-0.25, -0.2) is 4.98 Å².